The fourth-order valence-corrected chi connectivity index (χ4v) is 2.04. The lowest BCUT2D eigenvalue weighted by atomic mass is 9.98. The quantitative estimate of drug-likeness (QED) is 0.769. The number of methoxy groups -OCH3 is 2. The highest BCUT2D eigenvalue weighted by Gasteiger charge is 2.23. The van der Waals surface area contributed by atoms with E-state index in [1.165, 1.54) is 7.11 Å². The molecule has 0 bridgehead atoms. The Kier molecular flexibility index (Phi) is 6.36. The van der Waals surface area contributed by atoms with Crippen LogP contribution < -0.4 is 10.1 Å². The summed E-state index contributed by atoms with van der Waals surface area (Å²) in [5.41, 5.74) is 1.16. The fraction of sp³-hybridized carbons (Fsp3) is 0.533. The van der Waals surface area contributed by atoms with Crippen molar-refractivity contribution in [3.05, 3.63) is 29.8 Å². The fourth-order valence-electron chi connectivity index (χ4n) is 2.04. The SMILES string of the molecule is CCC(C(=O)OC)C(C)NCc1ccc(OC)cc1. The molecule has 4 nitrogen and oxygen atoms in total. The molecule has 0 amide bonds. The Bertz CT molecular complexity index is 389. The smallest absolute Gasteiger partial charge is 0.310 e. The third kappa shape index (κ3) is 4.56. The second-order valence-electron chi connectivity index (χ2n) is 4.56. The number of hydrogen-bond donors (Lipinski definition) is 1. The zero-order valence-electron chi connectivity index (χ0n) is 12.1. The van der Waals surface area contributed by atoms with Gasteiger partial charge in [0.25, 0.3) is 0 Å². The second-order valence-corrected chi connectivity index (χ2v) is 4.56. The summed E-state index contributed by atoms with van der Waals surface area (Å²) in [6, 6.07) is 7.97. The predicted octanol–water partition coefficient (Wildman–Crippen LogP) is 2.37. The maximum absolute atomic E-state index is 11.6. The van der Waals surface area contributed by atoms with Crippen LogP contribution in [0.1, 0.15) is 25.8 Å². The molecule has 0 aliphatic rings. The summed E-state index contributed by atoms with van der Waals surface area (Å²) in [7, 11) is 3.08. The van der Waals surface area contributed by atoms with Gasteiger partial charge < -0.3 is 14.8 Å². The van der Waals surface area contributed by atoms with Crippen molar-refractivity contribution in [1.82, 2.24) is 5.32 Å². The molecule has 0 aromatic heterocycles. The summed E-state index contributed by atoms with van der Waals surface area (Å²) in [5, 5.41) is 3.36. The summed E-state index contributed by atoms with van der Waals surface area (Å²) in [5.74, 6) is 0.582. The number of carbonyl (C=O) groups is 1. The van der Waals surface area contributed by atoms with Crippen LogP contribution in [0.15, 0.2) is 24.3 Å². The van der Waals surface area contributed by atoms with Gasteiger partial charge in [0.1, 0.15) is 5.75 Å². The Morgan fingerprint density at radius 2 is 1.89 bits per heavy atom. The molecule has 0 spiro atoms. The summed E-state index contributed by atoms with van der Waals surface area (Å²) >= 11 is 0. The number of esters is 1. The summed E-state index contributed by atoms with van der Waals surface area (Å²) in [6.45, 7) is 4.72. The van der Waals surface area contributed by atoms with Gasteiger partial charge in [0.2, 0.25) is 0 Å². The predicted molar refractivity (Wildman–Crippen MR) is 75.1 cm³/mol. The second kappa shape index (κ2) is 7.79. The number of rotatable bonds is 7. The minimum absolute atomic E-state index is 0.0829. The van der Waals surface area contributed by atoms with E-state index in [9.17, 15) is 4.79 Å². The van der Waals surface area contributed by atoms with Gasteiger partial charge in [-0.25, -0.2) is 0 Å². The molecule has 2 unspecified atom stereocenters. The lowest BCUT2D eigenvalue weighted by Gasteiger charge is -2.21. The van der Waals surface area contributed by atoms with Crippen molar-refractivity contribution in [3.63, 3.8) is 0 Å². The molecule has 0 saturated heterocycles. The molecule has 0 saturated carbocycles. The Hall–Kier alpha value is -1.55. The van der Waals surface area contributed by atoms with Crippen LogP contribution in [0.25, 0.3) is 0 Å². The first kappa shape index (κ1) is 15.5. The van der Waals surface area contributed by atoms with Crippen LogP contribution >= 0.6 is 0 Å². The van der Waals surface area contributed by atoms with E-state index >= 15 is 0 Å². The van der Waals surface area contributed by atoms with Gasteiger partial charge in [0.15, 0.2) is 0 Å². The van der Waals surface area contributed by atoms with Gasteiger partial charge in [0, 0.05) is 12.6 Å². The van der Waals surface area contributed by atoms with Crippen molar-refractivity contribution in [1.29, 1.82) is 0 Å². The first-order valence-electron chi connectivity index (χ1n) is 6.56. The van der Waals surface area contributed by atoms with Gasteiger partial charge in [-0.2, -0.15) is 0 Å². The number of nitrogens with one attached hydrogen (secondary N) is 1. The average molecular weight is 265 g/mol. The number of ether oxygens (including phenoxy) is 2. The molecule has 4 heteroatoms. The molecule has 0 heterocycles. The third-order valence-electron chi connectivity index (χ3n) is 3.33. The Labute approximate surface area is 115 Å². The lowest BCUT2D eigenvalue weighted by Crippen LogP contribution is -2.37. The highest BCUT2D eigenvalue weighted by molar-refractivity contribution is 5.73. The van der Waals surface area contributed by atoms with Crippen LogP contribution in [0.5, 0.6) is 5.75 Å². The molecule has 106 valence electrons. The molecule has 0 radical (unpaired) electrons. The maximum atomic E-state index is 11.6. The standard InChI is InChI=1S/C15H23NO3/c1-5-14(15(17)19-4)11(2)16-10-12-6-8-13(18-3)9-7-12/h6-9,11,14,16H,5,10H2,1-4H3. The molecular formula is C15H23NO3. The largest absolute Gasteiger partial charge is 0.497 e. The van der Waals surface area contributed by atoms with E-state index in [4.69, 9.17) is 9.47 Å². The molecule has 0 fully saturated rings. The van der Waals surface area contributed by atoms with Gasteiger partial charge in [-0.3, -0.25) is 4.79 Å². The van der Waals surface area contributed by atoms with E-state index in [1.807, 2.05) is 38.1 Å². The van der Waals surface area contributed by atoms with E-state index in [1.54, 1.807) is 7.11 Å². The Morgan fingerprint density at radius 3 is 2.37 bits per heavy atom. The normalized spacial score (nSPS) is 13.7. The van der Waals surface area contributed by atoms with Gasteiger partial charge >= 0.3 is 5.97 Å². The maximum Gasteiger partial charge on any atom is 0.310 e. The molecule has 1 aromatic carbocycles. The number of benzene rings is 1. The molecule has 0 aliphatic carbocycles. The van der Waals surface area contributed by atoms with Gasteiger partial charge in [-0.15, -0.1) is 0 Å². The molecular weight excluding hydrogens is 242 g/mol. The molecule has 1 rings (SSSR count). The van der Waals surface area contributed by atoms with Crippen molar-refractivity contribution in [2.75, 3.05) is 14.2 Å². The van der Waals surface area contributed by atoms with E-state index in [-0.39, 0.29) is 17.9 Å². The van der Waals surface area contributed by atoms with Crippen molar-refractivity contribution in [2.24, 2.45) is 5.92 Å². The van der Waals surface area contributed by atoms with E-state index < -0.39 is 0 Å². The van der Waals surface area contributed by atoms with Gasteiger partial charge in [-0.05, 0) is 31.0 Å². The highest BCUT2D eigenvalue weighted by atomic mass is 16.5. The number of carbonyl (C=O) groups excluding carboxylic acids is 1. The van der Waals surface area contributed by atoms with Crippen LogP contribution in [-0.4, -0.2) is 26.2 Å². The first-order chi connectivity index (χ1) is 9.12. The summed E-state index contributed by atoms with van der Waals surface area (Å²) in [6.07, 6.45) is 0.767. The molecule has 19 heavy (non-hydrogen) atoms. The van der Waals surface area contributed by atoms with Gasteiger partial charge in [0.05, 0.1) is 20.1 Å². The summed E-state index contributed by atoms with van der Waals surface area (Å²) < 4.78 is 9.93. The first-order valence-corrected chi connectivity index (χ1v) is 6.56. The van der Waals surface area contributed by atoms with Crippen LogP contribution in [0.2, 0.25) is 0 Å². The van der Waals surface area contributed by atoms with Crippen molar-refractivity contribution >= 4 is 5.97 Å². The van der Waals surface area contributed by atoms with E-state index in [2.05, 4.69) is 5.32 Å². The van der Waals surface area contributed by atoms with Crippen LogP contribution in [0.3, 0.4) is 0 Å². The van der Waals surface area contributed by atoms with Gasteiger partial charge in [-0.1, -0.05) is 19.1 Å². The number of hydrogen-bond acceptors (Lipinski definition) is 4. The minimum atomic E-state index is -0.155. The van der Waals surface area contributed by atoms with Crippen LogP contribution in [0.4, 0.5) is 0 Å². The van der Waals surface area contributed by atoms with Crippen LogP contribution in [0, 0.1) is 5.92 Å². The Balaban J connectivity index is 2.52. The minimum Gasteiger partial charge on any atom is -0.497 e. The average Bonchev–Trinajstić information content (AvgIpc) is 2.46. The van der Waals surface area contributed by atoms with E-state index in [0.717, 1.165) is 24.3 Å². The Morgan fingerprint density at radius 1 is 1.26 bits per heavy atom. The van der Waals surface area contributed by atoms with E-state index in [0.29, 0.717) is 0 Å². The van der Waals surface area contributed by atoms with Crippen molar-refractivity contribution in [2.45, 2.75) is 32.9 Å². The third-order valence-corrected chi connectivity index (χ3v) is 3.33. The molecule has 1 aromatic rings. The lowest BCUT2D eigenvalue weighted by molar-refractivity contribution is -0.146. The zero-order chi connectivity index (χ0) is 14.3. The zero-order valence-corrected chi connectivity index (χ0v) is 12.1. The van der Waals surface area contributed by atoms with Crippen LogP contribution in [-0.2, 0) is 16.1 Å². The highest BCUT2D eigenvalue weighted by Crippen LogP contribution is 2.13. The van der Waals surface area contributed by atoms with Crippen molar-refractivity contribution < 1.29 is 14.3 Å². The topological polar surface area (TPSA) is 47.6 Å². The molecule has 1 N–H and O–H groups in total. The van der Waals surface area contributed by atoms with Crippen molar-refractivity contribution in [3.8, 4) is 5.75 Å². The molecule has 0 aliphatic heterocycles. The molecule has 2 atom stereocenters. The summed E-state index contributed by atoms with van der Waals surface area (Å²) in [4.78, 5) is 11.6. The monoisotopic (exact) mass is 265 g/mol.